The molecule has 0 bridgehead atoms. The van der Waals surface area contributed by atoms with E-state index in [1.165, 1.54) is 7.11 Å². The van der Waals surface area contributed by atoms with Gasteiger partial charge in [-0.2, -0.15) is 10.1 Å². The highest BCUT2D eigenvalue weighted by Crippen LogP contribution is 2.29. The fourth-order valence-electron chi connectivity index (χ4n) is 2.56. The van der Waals surface area contributed by atoms with Crippen LogP contribution in [0.15, 0.2) is 42.5 Å². The number of pyridine rings is 1. The summed E-state index contributed by atoms with van der Waals surface area (Å²) in [5.41, 5.74) is 7.13. The predicted molar refractivity (Wildman–Crippen MR) is 110 cm³/mol. The van der Waals surface area contributed by atoms with E-state index in [0.29, 0.717) is 28.6 Å². The number of methoxy groups -OCH3 is 1. The van der Waals surface area contributed by atoms with Crippen molar-refractivity contribution in [1.82, 2.24) is 15.2 Å². The molecule has 152 valence electrons. The van der Waals surface area contributed by atoms with E-state index in [9.17, 15) is 13.2 Å². The zero-order valence-corrected chi connectivity index (χ0v) is 16.6. The quantitative estimate of drug-likeness (QED) is 0.439. The first-order valence-electron chi connectivity index (χ1n) is 8.60. The molecule has 0 radical (unpaired) electrons. The number of nitrogens with two attached hydrogens (primary N) is 1. The summed E-state index contributed by atoms with van der Waals surface area (Å²) in [6, 6.07) is 11.6. The van der Waals surface area contributed by atoms with Gasteiger partial charge in [-0.15, -0.1) is 0 Å². The predicted octanol–water partition coefficient (Wildman–Crippen LogP) is 2.08. The zero-order chi connectivity index (χ0) is 21.0. The second kappa shape index (κ2) is 8.19. The van der Waals surface area contributed by atoms with Gasteiger partial charge in [-0.05, 0) is 25.1 Å². The van der Waals surface area contributed by atoms with Crippen molar-refractivity contribution in [3.8, 4) is 17.1 Å². The van der Waals surface area contributed by atoms with Gasteiger partial charge in [0.1, 0.15) is 11.4 Å². The molecule has 2 aromatic heterocycles. The molecule has 0 aliphatic rings. The summed E-state index contributed by atoms with van der Waals surface area (Å²) in [6.07, 6.45) is 0. The first-order chi connectivity index (χ1) is 13.8. The van der Waals surface area contributed by atoms with Crippen molar-refractivity contribution >= 4 is 33.3 Å². The van der Waals surface area contributed by atoms with Crippen LogP contribution < -0.4 is 20.5 Å². The number of aromatic nitrogens is 3. The van der Waals surface area contributed by atoms with Gasteiger partial charge in [-0.3, -0.25) is 14.6 Å². The molecule has 11 heteroatoms. The van der Waals surface area contributed by atoms with Crippen molar-refractivity contribution in [3.05, 3.63) is 48.0 Å². The third kappa shape index (κ3) is 4.63. The average molecular weight is 416 g/mol. The maximum atomic E-state index is 12.1. The Balaban J connectivity index is 1.91. The Morgan fingerprint density at radius 1 is 1.21 bits per heavy atom. The van der Waals surface area contributed by atoms with Gasteiger partial charge in [-0.25, -0.2) is 8.42 Å². The van der Waals surface area contributed by atoms with Gasteiger partial charge in [0, 0.05) is 17.3 Å². The van der Waals surface area contributed by atoms with E-state index in [4.69, 9.17) is 10.5 Å². The highest BCUT2D eigenvalue weighted by Gasteiger charge is 2.20. The average Bonchev–Trinajstić information content (AvgIpc) is 3.12. The summed E-state index contributed by atoms with van der Waals surface area (Å²) in [6.45, 7) is 1.55. The van der Waals surface area contributed by atoms with Crippen LogP contribution >= 0.6 is 0 Å². The molecule has 0 saturated heterocycles. The van der Waals surface area contributed by atoms with Gasteiger partial charge in [0.15, 0.2) is 5.82 Å². The Labute approximate surface area is 167 Å². The fourth-order valence-corrected chi connectivity index (χ4v) is 3.20. The molecule has 1 amide bonds. The van der Waals surface area contributed by atoms with E-state index in [1.54, 1.807) is 49.4 Å². The van der Waals surface area contributed by atoms with Crippen molar-refractivity contribution in [2.75, 3.05) is 22.9 Å². The molecular formula is C18H20N6O4S. The molecule has 0 saturated carbocycles. The molecule has 3 rings (SSSR count). The molecule has 29 heavy (non-hydrogen) atoms. The lowest BCUT2D eigenvalue weighted by molar-refractivity contribution is 0.100. The van der Waals surface area contributed by atoms with Crippen LogP contribution in [-0.2, 0) is 10.0 Å². The molecule has 0 spiro atoms. The normalized spacial score (nSPS) is 11.1. The SMILES string of the molecule is CCS(=O)(=O)Nc1ccc(-c2[nH]nc(Nc3cccc(OC)n3)c2C(N)=O)cc1. The molecule has 10 nitrogen and oxygen atoms in total. The summed E-state index contributed by atoms with van der Waals surface area (Å²) in [7, 11) is -1.88. The summed E-state index contributed by atoms with van der Waals surface area (Å²) in [5.74, 6) is 0.318. The molecule has 3 aromatic rings. The van der Waals surface area contributed by atoms with Gasteiger partial charge in [0.25, 0.3) is 5.91 Å². The van der Waals surface area contributed by atoms with E-state index < -0.39 is 15.9 Å². The molecule has 2 heterocycles. The first kappa shape index (κ1) is 20.1. The maximum absolute atomic E-state index is 12.1. The summed E-state index contributed by atoms with van der Waals surface area (Å²) < 4.78 is 30.9. The minimum Gasteiger partial charge on any atom is -0.481 e. The van der Waals surface area contributed by atoms with Crippen molar-refractivity contribution in [2.24, 2.45) is 5.73 Å². The van der Waals surface area contributed by atoms with Crippen LogP contribution in [0.3, 0.4) is 0 Å². The van der Waals surface area contributed by atoms with E-state index in [2.05, 4.69) is 25.2 Å². The van der Waals surface area contributed by atoms with Gasteiger partial charge in [0.05, 0.1) is 18.6 Å². The highest BCUT2D eigenvalue weighted by atomic mass is 32.2. The van der Waals surface area contributed by atoms with Crippen LogP contribution in [-0.4, -0.2) is 42.4 Å². The lowest BCUT2D eigenvalue weighted by atomic mass is 10.1. The number of ether oxygens (including phenoxy) is 1. The Hall–Kier alpha value is -3.60. The number of rotatable bonds is 8. The van der Waals surface area contributed by atoms with Crippen LogP contribution in [0.4, 0.5) is 17.3 Å². The number of carbonyl (C=O) groups excluding carboxylic acids is 1. The first-order valence-corrected chi connectivity index (χ1v) is 10.3. The maximum Gasteiger partial charge on any atom is 0.254 e. The summed E-state index contributed by atoms with van der Waals surface area (Å²) in [5, 5.41) is 9.86. The van der Waals surface area contributed by atoms with Crippen molar-refractivity contribution in [2.45, 2.75) is 6.92 Å². The Bertz CT molecular complexity index is 1130. The van der Waals surface area contributed by atoms with Crippen LogP contribution in [0.5, 0.6) is 5.88 Å². The van der Waals surface area contributed by atoms with Crippen LogP contribution in [0.2, 0.25) is 0 Å². The topological polar surface area (TPSA) is 152 Å². The molecule has 0 unspecified atom stereocenters. The van der Waals surface area contributed by atoms with E-state index >= 15 is 0 Å². The minimum atomic E-state index is -3.38. The third-order valence-corrected chi connectivity index (χ3v) is 5.33. The molecule has 0 aliphatic heterocycles. The smallest absolute Gasteiger partial charge is 0.254 e. The number of primary amides is 1. The van der Waals surface area contributed by atoms with Gasteiger partial charge in [-0.1, -0.05) is 18.2 Å². The van der Waals surface area contributed by atoms with Gasteiger partial charge >= 0.3 is 0 Å². The van der Waals surface area contributed by atoms with Crippen LogP contribution in [0.25, 0.3) is 11.3 Å². The number of amides is 1. The lowest BCUT2D eigenvalue weighted by Crippen LogP contribution is -2.14. The number of hydrogen-bond acceptors (Lipinski definition) is 7. The Morgan fingerprint density at radius 3 is 2.55 bits per heavy atom. The van der Waals surface area contributed by atoms with Crippen LogP contribution in [0.1, 0.15) is 17.3 Å². The largest absolute Gasteiger partial charge is 0.481 e. The second-order valence-corrected chi connectivity index (χ2v) is 7.97. The molecule has 0 atom stereocenters. The minimum absolute atomic E-state index is 0.0333. The standard InChI is InChI=1S/C18H20N6O4S/c1-3-29(26,27)24-12-9-7-11(8-10-12)16-15(17(19)25)18(23-22-16)21-13-5-4-6-14(20-13)28-2/h4-10,24H,3H2,1-2H3,(H2,19,25)(H2,20,21,22,23). The number of benzene rings is 1. The van der Waals surface area contributed by atoms with Crippen molar-refractivity contribution in [3.63, 3.8) is 0 Å². The lowest BCUT2D eigenvalue weighted by Gasteiger charge is -2.08. The number of aromatic amines is 1. The number of nitrogens with zero attached hydrogens (tertiary/aromatic N) is 2. The Morgan fingerprint density at radius 2 is 1.93 bits per heavy atom. The molecule has 0 fully saturated rings. The fraction of sp³-hybridized carbons (Fsp3) is 0.167. The second-order valence-electron chi connectivity index (χ2n) is 5.96. The zero-order valence-electron chi connectivity index (χ0n) is 15.8. The molecule has 1 aromatic carbocycles. The number of nitrogens with one attached hydrogen (secondary N) is 3. The summed E-state index contributed by atoms with van der Waals surface area (Å²) in [4.78, 5) is 16.3. The number of hydrogen-bond donors (Lipinski definition) is 4. The monoisotopic (exact) mass is 416 g/mol. The number of sulfonamides is 1. The molecule has 0 aliphatic carbocycles. The third-order valence-electron chi connectivity index (χ3n) is 4.02. The summed E-state index contributed by atoms with van der Waals surface area (Å²) >= 11 is 0. The number of carbonyl (C=O) groups is 1. The van der Waals surface area contributed by atoms with E-state index in [1.807, 2.05) is 0 Å². The van der Waals surface area contributed by atoms with Crippen molar-refractivity contribution < 1.29 is 17.9 Å². The van der Waals surface area contributed by atoms with Crippen LogP contribution in [0, 0.1) is 0 Å². The molecule has 5 N–H and O–H groups in total. The highest BCUT2D eigenvalue weighted by molar-refractivity contribution is 7.92. The molecular weight excluding hydrogens is 396 g/mol. The van der Waals surface area contributed by atoms with E-state index in [0.717, 1.165) is 0 Å². The van der Waals surface area contributed by atoms with Gasteiger partial charge in [0.2, 0.25) is 15.9 Å². The number of H-pyrrole nitrogens is 1. The van der Waals surface area contributed by atoms with Crippen molar-refractivity contribution in [1.29, 1.82) is 0 Å². The van der Waals surface area contributed by atoms with Gasteiger partial charge < -0.3 is 15.8 Å². The number of anilines is 3. The Kier molecular flexibility index (Phi) is 5.69. The van der Waals surface area contributed by atoms with E-state index in [-0.39, 0.29) is 17.1 Å².